The second kappa shape index (κ2) is 22.7. The van der Waals surface area contributed by atoms with E-state index in [4.69, 9.17) is 9.47 Å². The molecule has 2 heterocycles. The van der Waals surface area contributed by atoms with Crippen LogP contribution >= 0.6 is 0 Å². The van der Waals surface area contributed by atoms with Gasteiger partial charge in [0.25, 0.3) is 0 Å². The van der Waals surface area contributed by atoms with Gasteiger partial charge in [-0.15, -0.1) is 0 Å². The van der Waals surface area contributed by atoms with E-state index in [-0.39, 0.29) is 49.4 Å². The lowest BCUT2D eigenvalue weighted by molar-refractivity contribution is -0.158. The fourth-order valence-electron chi connectivity index (χ4n) is 8.18. The molecule has 3 atom stereocenters. The number of aliphatic hydroxyl groups excluding tert-OH is 3. The number of esters is 2. The quantitative estimate of drug-likeness (QED) is 0.0644. The summed E-state index contributed by atoms with van der Waals surface area (Å²) in [6, 6.07) is 28.9. The van der Waals surface area contributed by atoms with Gasteiger partial charge in [0.15, 0.2) is 0 Å². The van der Waals surface area contributed by atoms with Gasteiger partial charge in [0.05, 0.1) is 24.7 Å². The lowest BCUT2D eigenvalue weighted by atomic mass is 10.0. The Morgan fingerprint density at radius 2 is 0.971 bits per heavy atom. The van der Waals surface area contributed by atoms with Crippen molar-refractivity contribution in [3.63, 3.8) is 0 Å². The highest BCUT2D eigenvalue weighted by Crippen LogP contribution is 2.39. The molecular weight excluding hydrogens is 867 g/mol. The van der Waals surface area contributed by atoms with Crippen molar-refractivity contribution in [1.29, 1.82) is 0 Å². The molecule has 0 radical (unpaired) electrons. The predicted octanol–water partition coefficient (Wildman–Crippen LogP) is 12.0. The van der Waals surface area contributed by atoms with E-state index in [1.807, 2.05) is 54.6 Å². The van der Waals surface area contributed by atoms with Crippen molar-refractivity contribution in [2.45, 2.75) is 137 Å². The minimum Gasteiger partial charge on any atom is -0.460 e. The van der Waals surface area contributed by atoms with Crippen LogP contribution < -0.4 is 0 Å². The number of halogens is 2. The van der Waals surface area contributed by atoms with Gasteiger partial charge in [0.1, 0.15) is 35.0 Å². The molecule has 362 valence electrons. The molecule has 0 amide bonds. The van der Waals surface area contributed by atoms with E-state index in [9.17, 15) is 38.5 Å². The van der Waals surface area contributed by atoms with Crippen molar-refractivity contribution >= 4 is 51.7 Å². The van der Waals surface area contributed by atoms with Gasteiger partial charge in [-0.25, -0.2) is 8.78 Å². The first kappa shape index (κ1) is 52.8. The normalized spacial score (nSPS) is 13.6. The zero-order chi connectivity index (χ0) is 50.1. The van der Waals surface area contributed by atoms with Crippen LogP contribution in [0.15, 0.2) is 109 Å². The number of nitrogens with zero attached hydrogens (tertiary/aromatic N) is 2. The third kappa shape index (κ3) is 14.4. The Hall–Kier alpha value is -6.21. The average Bonchev–Trinajstić information content (AvgIpc) is 3.74. The number of fused-ring (bicyclic) bond motifs is 2. The summed E-state index contributed by atoms with van der Waals surface area (Å²) in [5, 5.41) is 33.4. The van der Waals surface area contributed by atoms with Gasteiger partial charge < -0.3 is 33.9 Å². The van der Waals surface area contributed by atoms with Crippen LogP contribution in [0.1, 0.15) is 118 Å². The molecule has 1 unspecified atom stereocenters. The van der Waals surface area contributed by atoms with Crippen LogP contribution in [0.2, 0.25) is 0 Å². The molecule has 0 aliphatic rings. The Morgan fingerprint density at radius 1 is 0.574 bits per heavy atom. The van der Waals surface area contributed by atoms with Gasteiger partial charge in [0, 0.05) is 69.2 Å². The van der Waals surface area contributed by atoms with Crippen LogP contribution in [0.3, 0.4) is 0 Å². The number of aliphatic hydroxyl groups is 3. The smallest absolute Gasteiger partial charge is 0.313 e. The first-order chi connectivity index (χ1) is 31.9. The number of benzene rings is 4. The Labute approximate surface area is 398 Å². The fraction of sp³-hybridized carbons (Fsp3) is 0.375. The van der Waals surface area contributed by atoms with Crippen molar-refractivity contribution in [2.24, 2.45) is 0 Å². The number of ether oxygens (including phenoxy) is 2. The maximum Gasteiger partial charge on any atom is 0.313 e. The highest BCUT2D eigenvalue weighted by Gasteiger charge is 2.24. The third-order valence-electron chi connectivity index (χ3n) is 10.7. The molecule has 0 saturated heterocycles. The van der Waals surface area contributed by atoms with Crippen LogP contribution in [0.5, 0.6) is 0 Å². The van der Waals surface area contributed by atoms with Crippen molar-refractivity contribution in [2.75, 3.05) is 0 Å². The highest BCUT2D eigenvalue weighted by atomic mass is 19.1. The monoisotopic (exact) mass is 932 g/mol. The lowest BCUT2D eigenvalue weighted by Gasteiger charge is -2.21. The van der Waals surface area contributed by atoms with Crippen LogP contribution in [0.4, 0.5) is 8.78 Å². The lowest BCUT2D eigenvalue weighted by Crippen LogP contribution is -2.27. The summed E-state index contributed by atoms with van der Waals surface area (Å²) in [6.07, 6.45) is 3.02. The SMILES string of the molecule is CC(C)n1c(/C=C/C(O)CC(=O)CC(=O)OC(C)(C)C)c(-c2ccc(F)cc2)c2ccccc21.CC(C)n1c(/C=C/[C@@H](O)C[C@@H](O)CC(=O)OC(C)(C)C)c(-c2ccc(F)cc2)c2ccccc21. The topological polar surface area (TPSA) is 140 Å². The summed E-state index contributed by atoms with van der Waals surface area (Å²) in [5.41, 5.74) is 6.08. The van der Waals surface area contributed by atoms with Gasteiger partial charge in [-0.05, 0) is 129 Å². The molecule has 0 aliphatic carbocycles. The molecule has 68 heavy (non-hydrogen) atoms. The molecular formula is C56H66F2N2O8. The first-order valence-corrected chi connectivity index (χ1v) is 23.1. The van der Waals surface area contributed by atoms with Crippen molar-refractivity contribution < 1.29 is 48.0 Å². The molecule has 0 bridgehead atoms. The molecule has 0 saturated carbocycles. The molecule has 0 aliphatic heterocycles. The number of ketones is 1. The Kier molecular flexibility index (Phi) is 17.6. The zero-order valence-corrected chi connectivity index (χ0v) is 40.8. The molecule has 10 nitrogen and oxygen atoms in total. The van der Waals surface area contributed by atoms with E-state index in [1.165, 1.54) is 24.3 Å². The highest BCUT2D eigenvalue weighted by molar-refractivity contribution is 6.02. The van der Waals surface area contributed by atoms with Crippen molar-refractivity contribution in [3.05, 3.63) is 132 Å². The van der Waals surface area contributed by atoms with Crippen LogP contribution in [-0.2, 0) is 23.9 Å². The molecule has 0 spiro atoms. The number of Topliss-reactive ketones (excluding diaryl/α,β-unsaturated/α-hetero) is 1. The van der Waals surface area contributed by atoms with E-state index in [1.54, 1.807) is 84.0 Å². The summed E-state index contributed by atoms with van der Waals surface area (Å²) in [5.74, 6) is -2.12. The maximum absolute atomic E-state index is 13.6. The van der Waals surface area contributed by atoms with E-state index >= 15 is 0 Å². The van der Waals surface area contributed by atoms with E-state index < -0.39 is 47.2 Å². The first-order valence-electron chi connectivity index (χ1n) is 23.1. The largest absolute Gasteiger partial charge is 0.460 e. The molecule has 6 aromatic rings. The van der Waals surface area contributed by atoms with Crippen LogP contribution in [0, 0.1) is 11.6 Å². The number of aromatic nitrogens is 2. The molecule has 12 heteroatoms. The number of rotatable bonds is 16. The predicted molar refractivity (Wildman–Crippen MR) is 267 cm³/mol. The number of para-hydroxylation sites is 2. The minimum absolute atomic E-state index is 0.00350. The standard InChI is InChI=1S/C28H34FNO4.C28H32FNO4/c2*1-18(2)30-24-9-7-6-8-23(24)27(19-10-12-20(29)13-11-19)25(30)15-14-21(31)16-22(32)17-26(33)34-28(3,4)5/h6-15,18,21-22,31-32H,16-17H2,1-5H3;6-15,18,21,31H,16-17H2,1-5H3/b2*15-14+/t21-,22-;/m1./s1. The summed E-state index contributed by atoms with van der Waals surface area (Å²) >= 11 is 0. The number of carbonyl (C=O) groups is 3. The van der Waals surface area contributed by atoms with E-state index in [0.717, 1.165) is 55.4 Å². The fourth-order valence-corrected chi connectivity index (χ4v) is 8.18. The maximum atomic E-state index is 13.6. The number of hydrogen-bond acceptors (Lipinski definition) is 8. The third-order valence-corrected chi connectivity index (χ3v) is 10.7. The summed E-state index contributed by atoms with van der Waals surface area (Å²) in [7, 11) is 0. The van der Waals surface area contributed by atoms with E-state index in [2.05, 4.69) is 36.8 Å². The molecule has 6 rings (SSSR count). The van der Waals surface area contributed by atoms with Gasteiger partial charge in [-0.1, -0.05) is 72.8 Å². The number of hydrogen-bond donors (Lipinski definition) is 3. The molecule has 2 aromatic heterocycles. The Balaban J connectivity index is 0.000000254. The Bertz CT molecular complexity index is 2730. The summed E-state index contributed by atoms with van der Waals surface area (Å²) in [4.78, 5) is 36.1. The summed E-state index contributed by atoms with van der Waals surface area (Å²) in [6.45, 7) is 18.8. The summed E-state index contributed by atoms with van der Waals surface area (Å²) < 4.78 is 41.9. The number of carbonyl (C=O) groups excluding carboxylic acids is 3. The van der Waals surface area contributed by atoms with Gasteiger partial charge in [-0.3, -0.25) is 14.4 Å². The van der Waals surface area contributed by atoms with Gasteiger partial charge >= 0.3 is 11.9 Å². The van der Waals surface area contributed by atoms with Gasteiger partial charge in [-0.2, -0.15) is 0 Å². The Morgan fingerprint density at radius 3 is 1.38 bits per heavy atom. The molecule has 3 N–H and O–H groups in total. The van der Waals surface area contributed by atoms with Gasteiger partial charge in [0.2, 0.25) is 0 Å². The van der Waals surface area contributed by atoms with Crippen LogP contribution in [-0.4, -0.2) is 71.7 Å². The molecule has 0 fully saturated rings. The van der Waals surface area contributed by atoms with Crippen LogP contribution in [0.25, 0.3) is 56.2 Å². The van der Waals surface area contributed by atoms with Crippen molar-refractivity contribution in [3.8, 4) is 22.3 Å². The second-order valence-corrected chi connectivity index (χ2v) is 19.5. The molecule has 4 aromatic carbocycles. The zero-order valence-electron chi connectivity index (χ0n) is 40.8. The van der Waals surface area contributed by atoms with E-state index in [0.29, 0.717) is 0 Å². The van der Waals surface area contributed by atoms with Crippen molar-refractivity contribution in [1.82, 2.24) is 9.13 Å². The minimum atomic E-state index is -1.06. The second-order valence-electron chi connectivity index (χ2n) is 19.5. The average molecular weight is 933 g/mol.